The van der Waals surface area contributed by atoms with Gasteiger partial charge in [-0.05, 0) is 31.2 Å². The average Bonchev–Trinajstić information content (AvgIpc) is 2.92. The lowest BCUT2D eigenvalue weighted by Gasteiger charge is -2.43. The number of carbonyl (C=O) groups excluding carboxylic acids is 2. The minimum Gasteiger partial charge on any atom is -0.497 e. The molecule has 0 radical (unpaired) electrons. The van der Waals surface area contributed by atoms with Crippen molar-refractivity contribution >= 4 is 17.5 Å². The van der Waals surface area contributed by atoms with Crippen LogP contribution in [0.5, 0.6) is 23.0 Å². The molecule has 2 aromatic rings. The van der Waals surface area contributed by atoms with E-state index in [1.165, 1.54) is 7.11 Å². The Kier molecular flexibility index (Phi) is 7.88. The number of rotatable bonds is 7. The maximum absolute atomic E-state index is 13.9. The van der Waals surface area contributed by atoms with Crippen LogP contribution in [0.2, 0.25) is 0 Å². The second-order valence-corrected chi connectivity index (χ2v) is 9.14. The third-order valence-electron chi connectivity index (χ3n) is 7.11. The molecule has 2 saturated heterocycles. The number of hydrogen-bond donors (Lipinski definition) is 0. The van der Waals surface area contributed by atoms with E-state index in [9.17, 15) is 9.59 Å². The first-order valence-corrected chi connectivity index (χ1v) is 12.1. The van der Waals surface area contributed by atoms with Gasteiger partial charge in [0, 0.05) is 44.7 Å². The molecule has 0 aromatic heterocycles. The first-order chi connectivity index (χ1) is 17.4. The maximum Gasteiger partial charge on any atom is 0.228 e. The van der Waals surface area contributed by atoms with Gasteiger partial charge in [0.2, 0.25) is 17.6 Å². The normalized spacial score (nSPS) is 20.8. The Labute approximate surface area is 212 Å². The zero-order chi connectivity index (χ0) is 25.8. The summed E-state index contributed by atoms with van der Waals surface area (Å²) < 4.78 is 21.9. The Morgan fingerprint density at radius 1 is 0.861 bits per heavy atom. The monoisotopic (exact) mass is 497 g/mol. The molecule has 2 heterocycles. The molecule has 194 valence electrons. The number of benzene rings is 2. The number of ether oxygens (including phenoxy) is 4. The Morgan fingerprint density at radius 3 is 2.00 bits per heavy atom. The zero-order valence-electron chi connectivity index (χ0n) is 21.7. The van der Waals surface area contributed by atoms with E-state index in [1.807, 2.05) is 29.2 Å². The molecule has 0 aliphatic carbocycles. The number of piperazine rings is 1. The Hall–Kier alpha value is -3.46. The third-order valence-corrected chi connectivity index (χ3v) is 7.11. The van der Waals surface area contributed by atoms with Gasteiger partial charge in [0.05, 0.1) is 46.1 Å². The maximum atomic E-state index is 13.9. The minimum atomic E-state index is -0.493. The van der Waals surface area contributed by atoms with Gasteiger partial charge in [0.25, 0.3) is 0 Å². The van der Waals surface area contributed by atoms with Crippen molar-refractivity contribution in [3.05, 3.63) is 42.0 Å². The second kappa shape index (κ2) is 11.1. The van der Waals surface area contributed by atoms with E-state index < -0.39 is 12.0 Å². The number of methoxy groups -OCH3 is 4. The Bertz CT molecular complexity index is 1060. The molecule has 2 aliphatic heterocycles. The lowest BCUT2D eigenvalue weighted by molar-refractivity contribution is -0.139. The molecular formula is C27H35N3O6. The summed E-state index contributed by atoms with van der Waals surface area (Å²) in [6, 6.07) is 10.6. The summed E-state index contributed by atoms with van der Waals surface area (Å²) in [6.45, 7) is 3.03. The fourth-order valence-corrected chi connectivity index (χ4v) is 5.11. The summed E-state index contributed by atoms with van der Waals surface area (Å²) in [7, 11) is 8.30. The highest BCUT2D eigenvalue weighted by atomic mass is 16.5. The van der Waals surface area contributed by atoms with E-state index in [0.29, 0.717) is 48.2 Å². The van der Waals surface area contributed by atoms with E-state index in [2.05, 4.69) is 11.9 Å². The summed E-state index contributed by atoms with van der Waals surface area (Å²) in [5, 5.41) is 0. The zero-order valence-corrected chi connectivity index (χ0v) is 21.7. The molecule has 9 heteroatoms. The van der Waals surface area contributed by atoms with Crippen molar-refractivity contribution in [1.29, 1.82) is 0 Å². The van der Waals surface area contributed by atoms with Crippen LogP contribution in [0.4, 0.5) is 5.69 Å². The highest BCUT2D eigenvalue weighted by Crippen LogP contribution is 2.46. The summed E-state index contributed by atoms with van der Waals surface area (Å²) >= 11 is 0. The van der Waals surface area contributed by atoms with E-state index in [0.717, 1.165) is 18.7 Å². The third kappa shape index (κ3) is 4.93. The van der Waals surface area contributed by atoms with Crippen LogP contribution in [0.25, 0.3) is 0 Å². The molecule has 36 heavy (non-hydrogen) atoms. The molecule has 2 aromatic carbocycles. The van der Waals surface area contributed by atoms with Gasteiger partial charge < -0.3 is 33.6 Å². The van der Waals surface area contributed by atoms with Gasteiger partial charge in [-0.15, -0.1) is 0 Å². The number of likely N-dealkylation sites (N-methyl/N-ethyl adjacent to an activating group) is 1. The summed E-state index contributed by atoms with van der Waals surface area (Å²) in [5.74, 6) is 1.67. The van der Waals surface area contributed by atoms with Gasteiger partial charge in [0.1, 0.15) is 5.75 Å². The molecule has 0 bridgehead atoms. The highest BCUT2D eigenvalue weighted by Gasteiger charge is 2.43. The standard InChI is InChI=1S/C27H35N3O6/c1-28-12-14-29(15-13-28)27(32)21-10-11-24(31)30(25(21)18-6-8-20(33-2)9-7-18)19-16-22(34-3)26(36-5)23(17-19)35-4/h6-9,16-17,21,25H,10-15H2,1-5H3/t21-,25-/m0/s1. The van der Waals surface area contributed by atoms with Crippen molar-refractivity contribution in [3.8, 4) is 23.0 Å². The second-order valence-electron chi connectivity index (χ2n) is 9.14. The molecule has 0 spiro atoms. The number of piperidine rings is 1. The predicted molar refractivity (Wildman–Crippen MR) is 136 cm³/mol. The number of carbonyl (C=O) groups is 2. The van der Waals surface area contributed by atoms with Crippen LogP contribution in [0.1, 0.15) is 24.4 Å². The van der Waals surface area contributed by atoms with Gasteiger partial charge in [0.15, 0.2) is 11.5 Å². The summed E-state index contributed by atoms with van der Waals surface area (Å²) in [4.78, 5) is 33.2. The van der Waals surface area contributed by atoms with E-state index in [4.69, 9.17) is 18.9 Å². The quantitative estimate of drug-likeness (QED) is 0.582. The topological polar surface area (TPSA) is 80.8 Å². The molecular weight excluding hydrogens is 462 g/mol. The van der Waals surface area contributed by atoms with Crippen molar-refractivity contribution in [2.75, 3.05) is 66.6 Å². The van der Waals surface area contributed by atoms with Crippen LogP contribution in [-0.2, 0) is 9.59 Å². The van der Waals surface area contributed by atoms with Crippen molar-refractivity contribution in [2.24, 2.45) is 5.92 Å². The highest BCUT2D eigenvalue weighted by molar-refractivity contribution is 5.98. The first kappa shape index (κ1) is 25.6. The van der Waals surface area contributed by atoms with Gasteiger partial charge in [-0.2, -0.15) is 0 Å². The van der Waals surface area contributed by atoms with Crippen LogP contribution in [-0.4, -0.2) is 83.3 Å². The van der Waals surface area contributed by atoms with Gasteiger partial charge in [-0.3, -0.25) is 9.59 Å². The van der Waals surface area contributed by atoms with Crippen molar-refractivity contribution in [2.45, 2.75) is 18.9 Å². The van der Waals surface area contributed by atoms with Crippen LogP contribution >= 0.6 is 0 Å². The number of anilines is 1. The molecule has 4 rings (SSSR count). The van der Waals surface area contributed by atoms with Crippen LogP contribution in [0, 0.1) is 5.92 Å². The minimum absolute atomic E-state index is 0.0625. The molecule has 2 fully saturated rings. The average molecular weight is 498 g/mol. The fourth-order valence-electron chi connectivity index (χ4n) is 5.11. The van der Waals surface area contributed by atoms with Crippen LogP contribution in [0.3, 0.4) is 0 Å². The summed E-state index contributed by atoms with van der Waals surface area (Å²) in [6.07, 6.45) is 0.759. The largest absolute Gasteiger partial charge is 0.497 e. The van der Waals surface area contributed by atoms with Gasteiger partial charge in [-0.25, -0.2) is 0 Å². The van der Waals surface area contributed by atoms with Crippen LogP contribution < -0.4 is 23.8 Å². The van der Waals surface area contributed by atoms with E-state index in [-0.39, 0.29) is 18.2 Å². The number of amides is 2. The lowest BCUT2D eigenvalue weighted by Crippen LogP contribution is -2.53. The first-order valence-electron chi connectivity index (χ1n) is 12.1. The smallest absolute Gasteiger partial charge is 0.228 e. The van der Waals surface area contributed by atoms with Crippen LogP contribution in [0.15, 0.2) is 36.4 Å². The van der Waals surface area contributed by atoms with Crippen molar-refractivity contribution in [1.82, 2.24) is 9.80 Å². The molecule has 2 aliphatic rings. The van der Waals surface area contributed by atoms with Gasteiger partial charge >= 0.3 is 0 Å². The SMILES string of the molecule is COc1ccc([C@H]2[C@@H](C(=O)N3CCN(C)CC3)CCC(=O)N2c2cc(OC)c(OC)c(OC)c2)cc1. The fraction of sp³-hybridized carbons (Fsp3) is 0.481. The predicted octanol–water partition coefficient (Wildman–Crippen LogP) is 2.98. The molecule has 0 saturated carbocycles. The Morgan fingerprint density at radius 2 is 1.47 bits per heavy atom. The Balaban J connectivity index is 1.81. The number of hydrogen-bond acceptors (Lipinski definition) is 7. The van der Waals surface area contributed by atoms with Gasteiger partial charge in [-0.1, -0.05) is 12.1 Å². The van der Waals surface area contributed by atoms with Crippen molar-refractivity contribution in [3.63, 3.8) is 0 Å². The molecule has 0 unspecified atom stereocenters. The summed E-state index contributed by atoms with van der Waals surface area (Å²) in [5.41, 5.74) is 1.45. The van der Waals surface area contributed by atoms with Crippen molar-refractivity contribution < 1.29 is 28.5 Å². The molecule has 0 N–H and O–H groups in total. The number of nitrogens with zero attached hydrogens (tertiary/aromatic N) is 3. The molecule has 2 amide bonds. The molecule has 2 atom stereocenters. The van der Waals surface area contributed by atoms with E-state index in [1.54, 1.807) is 38.4 Å². The van der Waals surface area contributed by atoms with E-state index >= 15 is 0 Å². The lowest BCUT2D eigenvalue weighted by atomic mass is 9.82. The molecule has 9 nitrogen and oxygen atoms in total.